The van der Waals surface area contributed by atoms with Crippen molar-refractivity contribution in [3.8, 4) is 5.75 Å². The highest BCUT2D eigenvalue weighted by atomic mass is 32.2. The second kappa shape index (κ2) is 14.3. The Balaban J connectivity index is 1.54. The third kappa shape index (κ3) is 8.70. The lowest BCUT2D eigenvalue weighted by Gasteiger charge is -2.31. The van der Waals surface area contributed by atoms with E-state index in [2.05, 4.69) is 10.0 Å². The number of hydrogen-bond donors (Lipinski definition) is 3. The minimum atomic E-state index is -4.16. The Morgan fingerprint density at radius 1 is 1.00 bits per heavy atom. The van der Waals surface area contributed by atoms with Crippen LogP contribution in [0.1, 0.15) is 32.3 Å². The van der Waals surface area contributed by atoms with Crippen molar-refractivity contribution < 1.29 is 32.6 Å². The third-order valence-electron chi connectivity index (χ3n) is 6.60. The van der Waals surface area contributed by atoms with Crippen LogP contribution in [0, 0.1) is 5.92 Å². The molecule has 0 fully saturated rings. The second-order valence-corrected chi connectivity index (χ2v) is 11.1. The van der Waals surface area contributed by atoms with Gasteiger partial charge in [0.05, 0.1) is 4.90 Å². The first-order valence-electron chi connectivity index (χ1n) is 13.1. The molecule has 3 N–H and O–H groups in total. The molecule has 214 valence electrons. The zero-order chi connectivity index (χ0) is 29.1. The molecule has 11 heteroatoms. The highest BCUT2D eigenvalue weighted by Crippen LogP contribution is 2.21. The van der Waals surface area contributed by atoms with Gasteiger partial charge in [0, 0.05) is 25.2 Å². The van der Waals surface area contributed by atoms with E-state index in [0.717, 1.165) is 18.4 Å². The number of aliphatic carboxylic acids is 1. The van der Waals surface area contributed by atoms with Crippen molar-refractivity contribution in [2.75, 3.05) is 26.2 Å². The highest BCUT2D eigenvalue weighted by Gasteiger charge is 2.27. The Bertz CT molecular complexity index is 1350. The fourth-order valence-electron chi connectivity index (χ4n) is 4.15. The summed E-state index contributed by atoms with van der Waals surface area (Å²) < 4.78 is 33.2. The standard InChI is InChI=1S/C29H35N3O7S/c1-3-21(4-2)18-32-19-23(12-15-26(32)29(35)36)28(34)31-40(37,38)25-13-10-22(11-14-25)16-17-30-27(33)20-39-24-8-6-5-7-9-24/h5-15,21H,3-4,16-20H2,1-2H3,(H,30,33)(H,31,34)(H,35,36). The number of carboxylic acid groups (broad SMARTS) is 1. The van der Waals surface area contributed by atoms with Gasteiger partial charge in [0.2, 0.25) is 0 Å². The molecule has 0 unspecified atom stereocenters. The first-order chi connectivity index (χ1) is 19.1. The normalized spacial score (nSPS) is 13.3. The van der Waals surface area contributed by atoms with Crippen LogP contribution in [0.15, 0.2) is 82.9 Å². The average Bonchev–Trinajstić information content (AvgIpc) is 2.95. The van der Waals surface area contributed by atoms with Gasteiger partial charge in [-0.15, -0.1) is 0 Å². The number of hydrogen-bond acceptors (Lipinski definition) is 7. The van der Waals surface area contributed by atoms with Crippen LogP contribution in [0.2, 0.25) is 0 Å². The maximum Gasteiger partial charge on any atom is 0.352 e. The minimum absolute atomic E-state index is 0.00294. The number of rotatable bonds is 14. The number of para-hydroxylation sites is 1. The van der Waals surface area contributed by atoms with Gasteiger partial charge in [-0.25, -0.2) is 17.9 Å². The number of nitrogens with one attached hydrogen (secondary N) is 2. The van der Waals surface area contributed by atoms with Gasteiger partial charge in [0.1, 0.15) is 11.4 Å². The predicted octanol–water partition coefficient (Wildman–Crippen LogP) is 2.88. The van der Waals surface area contributed by atoms with E-state index in [9.17, 15) is 27.9 Å². The van der Waals surface area contributed by atoms with Crippen LogP contribution < -0.4 is 14.8 Å². The van der Waals surface area contributed by atoms with Crippen molar-refractivity contribution in [2.45, 2.75) is 38.0 Å². The Morgan fingerprint density at radius 3 is 2.30 bits per heavy atom. The first-order valence-corrected chi connectivity index (χ1v) is 14.6. The molecule has 2 aromatic carbocycles. The van der Waals surface area contributed by atoms with E-state index >= 15 is 0 Å². The molecule has 0 saturated heterocycles. The second-order valence-electron chi connectivity index (χ2n) is 9.39. The molecule has 0 saturated carbocycles. The Morgan fingerprint density at radius 2 is 1.68 bits per heavy atom. The van der Waals surface area contributed by atoms with Gasteiger partial charge in [-0.05, 0) is 54.3 Å². The summed E-state index contributed by atoms with van der Waals surface area (Å²) >= 11 is 0. The Labute approximate surface area is 234 Å². The molecule has 40 heavy (non-hydrogen) atoms. The molecule has 3 rings (SSSR count). The van der Waals surface area contributed by atoms with Crippen LogP contribution in [0.4, 0.5) is 0 Å². The van der Waals surface area contributed by atoms with Crippen LogP contribution in [0.25, 0.3) is 0 Å². The molecule has 0 aliphatic carbocycles. The first kappa shape index (κ1) is 30.4. The van der Waals surface area contributed by atoms with Gasteiger partial charge in [0.25, 0.3) is 21.8 Å². The molecule has 0 atom stereocenters. The van der Waals surface area contributed by atoms with Crippen LogP contribution in [-0.4, -0.2) is 62.4 Å². The summed E-state index contributed by atoms with van der Waals surface area (Å²) in [6.07, 6.45) is 4.85. The Hall–Kier alpha value is -4.12. The number of carbonyl (C=O) groups is 3. The van der Waals surface area contributed by atoms with Gasteiger partial charge < -0.3 is 20.1 Å². The predicted molar refractivity (Wildman–Crippen MR) is 150 cm³/mol. The SMILES string of the molecule is CCC(CC)CN1CC(C(=O)NS(=O)(=O)c2ccc(CCNC(=O)COc3ccccc3)cc2)=CC=C1C(=O)O. The smallest absolute Gasteiger partial charge is 0.352 e. The molecule has 0 spiro atoms. The zero-order valence-electron chi connectivity index (χ0n) is 22.6. The summed E-state index contributed by atoms with van der Waals surface area (Å²) in [6, 6.07) is 15.0. The van der Waals surface area contributed by atoms with Crippen molar-refractivity contribution in [3.05, 3.63) is 83.6 Å². The number of nitrogens with zero attached hydrogens (tertiary/aromatic N) is 1. The van der Waals surface area contributed by atoms with E-state index in [1.54, 1.807) is 29.2 Å². The summed E-state index contributed by atoms with van der Waals surface area (Å²) in [5, 5.41) is 12.3. The monoisotopic (exact) mass is 569 g/mol. The maximum atomic E-state index is 12.9. The fourth-order valence-corrected chi connectivity index (χ4v) is 5.14. The molecular formula is C29H35N3O7S. The number of allylic oxidation sites excluding steroid dienone is 2. The summed E-state index contributed by atoms with van der Waals surface area (Å²) in [5.41, 5.74) is 1.03. The molecule has 1 aliphatic rings. The van der Waals surface area contributed by atoms with Gasteiger partial charge >= 0.3 is 5.97 Å². The van der Waals surface area contributed by atoms with Gasteiger partial charge in [-0.3, -0.25) is 9.59 Å². The van der Waals surface area contributed by atoms with E-state index < -0.39 is 21.9 Å². The van der Waals surface area contributed by atoms with Crippen LogP contribution in [0.5, 0.6) is 5.75 Å². The van der Waals surface area contributed by atoms with E-state index in [1.165, 1.54) is 24.3 Å². The van der Waals surface area contributed by atoms with Gasteiger partial charge in [-0.1, -0.05) is 57.0 Å². The number of carboxylic acids is 1. The highest BCUT2D eigenvalue weighted by molar-refractivity contribution is 7.90. The van der Waals surface area contributed by atoms with Crippen molar-refractivity contribution in [1.29, 1.82) is 0 Å². The molecule has 0 aromatic heterocycles. The fraction of sp³-hybridized carbons (Fsp3) is 0.345. The van der Waals surface area contributed by atoms with Crippen LogP contribution in [0.3, 0.4) is 0 Å². The summed E-state index contributed by atoms with van der Waals surface area (Å²) in [4.78, 5) is 38.0. The number of carbonyl (C=O) groups excluding carboxylic acids is 2. The minimum Gasteiger partial charge on any atom is -0.484 e. The van der Waals surface area contributed by atoms with E-state index in [0.29, 0.717) is 25.3 Å². The Kier molecular flexibility index (Phi) is 10.9. The average molecular weight is 570 g/mol. The zero-order valence-corrected chi connectivity index (χ0v) is 23.4. The lowest BCUT2D eigenvalue weighted by molar-refractivity contribution is -0.134. The quantitative estimate of drug-likeness (QED) is 0.315. The summed E-state index contributed by atoms with van der Waals surface area (Å²) in [7, 11) is -4.16. The van der Waals surface area contributed by atoms with Crippen LogP contribution in [-0.2, 0) is 30.8 Å². The van der Waals surface area contributed by atoms with Crippen molar-refractivity contribution in [1.82, 2.24) is 14.9 Å². The molecule has 0 bridgehead atoms. The number of benzene rings is 2. The largest absolute Gasteiger partial charge is 0.484 e. The molecule has 2 amide bonds. The van der Waals surface area contributed by atoms with Crippen molar-refractivity contribution in [3.63, 3.8) is 0 Å². The molecule has 1 aliphatic heterocycles. The molecule has 1 heterocycles. The van der Waals surface area contributed by atoms with Crippen molar-refractivity contribution >= 4 is 27.8 Å². The maximum absolute atomic E-state index is 12.9. The number of ether oxygens (including phenoxy) is 1. The molecule has 10 nitrogen and oxygen atoms in total. The lowest BCUT2D eigenvalue weighted by atomic mass is 10.0. The molecular weight excluding hydrogens is 534 g/mol. The van der Waals surface area contributed by atoms with Crippen LogP contribution >= 0.6 is 0 Å². The molecule has 2 aromatic rings. The van der Waals surface area contributed by atoms with Crippen molar-refractivity contribution in [2.24, 2.45) is 5.92 Å². The number of sulfonamides is 1. The third-order valence-corrected chi connectivity index (χ3v) is 7.94. The lowest BCUT2D eigenvalue weighted by Crippen LogP contribution is -2.40. The number of amides is 2. The summed E-state index contributed by atoms with van der Waals surface area (Å²) in [5.74, 6) is -1.34. The topological polar surface area (TPSA) is 142 Å². The molecule has 0 radical (unpaired) electrons. The summed E-state index contributed by atoms with van der Waals surface area (Å²) in [6.45, 7) is 4.71. The van der Waals surface area contributed by atoms with Gasteiger partial charge in [0.15, 0.2) is 6.61 Å². The van der Waals surface area contributed by atoms with E-state index in [4.69, 9.17) is 4.74 Å². The van der Waals surface area contributed by atoms with E-state index in [-0.39, 0.29) is 41.1 Å². The van der Waals surface area contributed by atoms with E-state index in [1.807, 2.05) is 32.0 Å². The van der Waals surface area contributed by atoms with Gasteiger partial charge in [-0.2, -0.15) is 0 Å².